The van der Waals surface area contributed by atoms with E-state index in [0.717, 1.165) is 11.3 Å². The van der Waals surface area contributed by atoms with Crippen LogP contribution in [0.5, 0.6) is 5.88 Å². The van der Waals surface area contributed by atoms with Gasteiger partial charge in [-0.15, -0.1) is 11.3 Å². The number of aliphatic hydroxyl groups excluding tert-OH is 3. The molecule has 0 aliphatic carbocycles. The average molecular weight is 452 g/mol. The Morgan fingerprint density at radius 2 is 1.93 bits per heavy atom. The van der Waals surface area contributed by atoms with E-state index in [4.69, 9.17) is 32.3 Å². The van der Waals surface area contributed by atoms with E-state index in [2.05, 4.69) is 0 Å². The largest absolute Gasteiger partial charge is 0.493 e. The molecule has 0 radical (unpaired) electrons. The van der Waals surface area contributed by atoms with Crippen molar-refractivity contribution < 1.29 is 45.0 Å². The van der Waals surface area contributed by atoms with E-state index in [9.17, 15) is 24.9 Å². The first-order valence-corrected chi connectivity index (χ1v) is 9.89. The summed E-state index contributed by atoms with van der Waals surface area (Å²) in [6.45, 7) is 2.19. The van der Waals surface area contributed by atoms with Crippen LogP contribution >= 0.6 is 23.6 Å². The van der Waals surface area contributed by atoms with Gasteiger partial charge in [0, 0.05) is 13.0 Å². The minimum absolute atomic E-state index is 0.0878. The number of aromatic nitrogens is 1. The molecular weight excluding hydrogens is 426 g/mol. The lowest BCUT2D eigenvalue weighted by atomic mass is 10.0. The Morgan fingerprint density at radius 3 is 2.45 bits per heavy atom. The van der Waals surface area contributed by atoms with Gasteiger partial charge in [-0.3, -0.25) is 9.36 Å². The van der Waals surface area contributed by atoms with Crippen molar-refractivity contribution in [2.75, 3.05) is 6.61 Å². The normalized spacial score (nSPS) is 16.2. The van der Waals surface area contributed by atoms with E-state index in [-0.39, 0.29) is 30.8 Å². The van der Waals surface area contributed by atoms with Gasteiger partial charge in [0.25, 0.3) is 0 Å². The number of aliphatic hydroxyl groups is 3. The van der Waals surface area contributed by atoms with Crippen molar-refractivity contribution in [2.45, 2.75) is 57.6 Å². The predicted molar refractivity (Wildman–Crippen MR) is 106 cm³/mol. The van der Waals surface area contributed by atoms with Crippen LogP contribution in [0.4, 0.5) is 0 Å². The number of hydrogen-bond donors (Lipinski definition) is 6. The minimum atomic E-state index is -1.62. The summed E-state index contributed by atoms with van der Waals surface area (Å²) in [7, 11) is 0. The molecule has 164 valence electrons. The maximum atomic E-state index is 11.1. The molecule has 6 N–H and O–H groups in total. The third-order valence-electron chi connectivity index (χ3n) is 4.06. The highest BCUT2D eigenvalue weighted by Gasteiger charge is 2.31. The number of rotatable bonds is 12. The van der Waals surface area contributed by atoms with Gasteiger partial charge in [-0.2, -0.15) is 0 Å². The summed E-state index contributed by atoms with van der Waals surface area (Å²) in [6, 6.07) is 0. The van der Waals surface area contributed by atoms with Crippen molar-refractivity contribution >= 4 is 41.6 Å². The number of carboxylic acids is 2. The van der Waals surface area contributed by atoms with Crippen LogP contribution in [0.25, 0.3) is 6.08 Å². The number of carbonyl (C=O) groups is 2. The Bertz CT molecular complexity index is 801. The van der Waals surface area contributed by atoms with Crippen LogP contribution in [0.1, 0.15) is 31.6 Å². The minimum Gasteiger partial charge on any atom is -0.493 e. The fraction of sp³-hybridized carbons (Fsp3) is 0.588. The van der Waals surface area contributed by atoms with E-state index in [1.807, 2.05) is 0 Å². The molecule has 1 aromatic rings. The molecule has 0 saturated carbocycles. The van der Waals surface area contributed by atoms with E-state index < -0.39 is 43.0 Å². The highest BCUT2D eigenvalue weighted by Crippen LogP contribution is 2.30. The molecule has 0 aliphatic rings. The van der Waals surface area contributed by atoms with Crippen LogP contribution in [0.15, 0.2) is 5.57 Å². The van der Waals surface area contributed by atoms with Gasteiger partial charge in [0.15, 0.2) is 10.1 Å². The monoisotopic (exact) mass is 451 g/mol. The number of hydrogen-bond acceptors (Lipinski definition) is 9. The standard InChI is InChI=1S/C17H25NO9S2/c1-8(14(13(23)10(20)7-19)27-9(2)16(25)26)6-11-15(24)18(17(28)29-11)5-3-4-12(21)22/h6,9-10,13-14,19-20,23-24H,3-5,7H2,1-2H3,(H,21,22)(H,25,26). The zero-order valence-corrected chi connectivity index (χ0v) is 17.5. The summed E-state index contributed by atoms with van der Waals surface area (Å²) in [4.78, 5) is 22.0. The number of nitrogens with zero attached hydrogens (tertiary/aromatic N) is 1. The summed E-state index contributed by atoms with van der Waals surface area (Å²) in [5.41, 5.74) is 0.280. The van der Waals surface area contributed by atoms with Crippen LogP contribution in [-0.2, 0) is 20.9 Å². The Morgan fingerprint density at radius 1 is 1.31 bits per heavy atom. The fourth-order valence-corrected chi connectivity index (χ4v) is 3.80. The van der Waals surface area contributed by atoms with Crippen molar-refractivity contribution in [3.05, 3.63) is 14.4 Å². The second-order valence-electron chi connectivity index (χ2n) is 6.37. The van der Waals surface area contributed by atoms with Crippen molar-refractivity contribution in [1.29, 1.82) is 0 Å². The van der Waals surface area contributed by atoms with Crippen LogP contribution in [0.2, 0.25) is 0 Å². The van der Waals surface area contributed by atoms with Gasteiger partial charge in [-0.25, -0.2) is 4.79 Å². The summed E-state index contributed by atoms with van der Waals surface area (Å²) >= 11 is 6.22. The van der Waals surface area contributed by atoms with Crippen LogP contribution in [-0.4, -0.2) is 78.2 Å². The lowest BCUT2D eigenvalue weighted by Gasteiger charge is -2.28. The first-order chi connectivity index (χ1) is 13.5. The Labute approximate surface area is 175 Å². The Kier molecular flexibility index (Phi) is 9.89. The van der Waals surface area contributed by atoms with E-state index in [1.54, 1.807) is 0 Å². The fourth-order valence-electron chi connectivity index (χ4n) is 2.43. The molecular formula is C17H25NO9S2. The quantitative estimate of drug-likeness (QED) is 0.250. The molecule has 0 aliphatic heterocycles. The molecule has 0 bridgehead atoms. The number of aliphatic carboxylic acids is 2. The van der Waals surface area contributed by atoms with E-state index in [1.165, 1.54) is 24.5 Å². The van der Waals surface area contributed by atoms with Crippen molar-refractivity contribution in [3.8, 4) is 5.88 Å². The zero-order valence-electron chi connectivity index (χ0n) is 15.9. The number of carboxylic acid groups (broad SMARTS) is 2. The summed E-state index contributed by atoms with van der Waals surface area (Å²) in [5.74, 6) is -2.45. The van der Waals surface area contributed by atoms with Gasteiger partial charge < -0.3 is 35.4 Å². The van der Waals surface area contributed by atoms with Gasteiger partial charge in [0.1, 0.15) is 18.3 Å². The van der Waals surface area contributed by atoms with Crippen molar-refractivity contribution in [3.63, 3.8) is 0 Å². The molecule has 4 atom stereocenters. The smallest absolute Gasteiger partial charge is 0.332 e. The van der Waals surface area contributed by atoms with Crippen LogP contribution in [0.3, 0.4) is 0 Å². The molecule has 4 unspecified atom stereocenters. The molecule has 10 nitrogen and oxygen atoms in total. The molecule has 29 heavy (non-hydrogen) atoms. The lowest BCUT2D eigenvalue weighted by Crippen LogP contribution is -2.44. The maximum Gasteiger partial charge on any atom is 0.332 e. The highest BCUT2D eigenvalue weighted by molar-refractivity contribution is 7.73. The third-order valence-corrected chi connectivity index (χ3v) is 5.45. The molecule has 12 heteroatoms. The number of thiazole rings is 1. The summed E-state index contributed by atoms with van der Waals surface area (Å²) in [6.07, 6.45) is -4.18. The molecule has 0 spiro atoms. The first kappa shape index (κ1) is 25.2. The molecule has 0 amide bonds. The Hall–Kier alpha value is -1.83. The van der Waals surface area contributed by atoms with Crippen molar-refractivity contribution in [1.82, 2.24) is 4.57 Å². The van der Waals surface area contributed by atoms with E-state index in [0.29, 0.717) is 8.83 Å². The molecule has 1 aromatic heterocycles. The van der Waals surface area contributed by atoms with Gasteiger partial charge in [-0.05, 0) is 44.1 Å². The average Bonchev–Trinajstić information content (AvgIpc) is 2.91. The molecule has 0 aromatic carbocycles. The molecule has 0 fully saturated rings. The third kappa shape index (κ3) is 7.17. The van der Waals surface area contributed by atoms with Crippen LogP contribution in [0, 0.1) is 3.95 Å². The second kappa shape index (κ2) is 11.4. The van der Waals surface area contributed by atoms with Gasteiger partial charge in [0.05, 0.1) is 11.5 Å². The second-order valence-corrected chi connectivity index (χ2v) is 8.05. The predicted octanol–water partition coefficient (Wildman–Crippen LogP) is 0.825. The first-order valence-electron chi connectivity index (χ1n) is 8.67. The van der Waals surface area contributed by atoms with Gasteiger partial charge >= 0.3 is 11.9 Å². The van der Waals surface area contributed by atoms with E-state index >= 15 is 0 Å². The zero-order chi connectivity index (χ0) is 22.3. The highest BCUT2D eigenvalue weighted by atomic mass is 32.1. The van der Waals surface area contributed by atoms with Gasteiger partial charge in [0.2, 0.25) is 5.88 Å². The lowest BCUT2D eigenvalue weighted by molar-refractivity contribution is -0.159. The summed E-state index contributed by atoms with van der Waals surface area (Å²) < 4.78 is 7.01. The molecule has 1 rings (SSSR count). The summed E-state index contributed by atoms with van der Waals surface area (Å²) in [5, 5.41) is 57.2. The molecule has 0 saturated heterocycles. The van der Waals surface area contributed by atoms with Crippen LogP contribution < -0.4 is 0 Å². The van der Waals surface area contributed by atoms with Crippen molar-refractivity contribution in [2.24, 2.45) is 0 Å². The van der Waals surface area contributed by atoms with Gasteiger partial charge in [-0.1, -0.05) is 0 Å². The maximum absolute atomic E-state index is 11.1. The number of ether oxygens (including phenoxy) is 1. The number of aromatic hydroxyl groups is 1. The molecule has 1 heterocycles. The SMILES string of the molecule is CC(=Cc1sc(=S)n(CCCC(=O)O)c1O)C(OC(C)C(=O)O)C(O)C(O)CO. The Balaban J connectivity index is 3.18. The topological polar surface area (TPSA) is 170 Å².